The molecule has 0 N–H and O–H groups in total. The second-order valence-electron chi connectivity index (χ2n) is 0.894. The average molecular weight is 439 g/mol. The van der Waals surface area contributed by atoms with Gasteiger partial charge in [-0.05, 0) is 0 Å². The fraction of sp³-hybridized carbons (Fsp3) is 0. The predicted molar refractivity (Wildman–Crippen MR) is 62.8 cm³/mol. The molecule has 0 amide bonds. The molecule has 0 spiro atoms. The number of carbonyl (C=O) groups excluding carboxylic acids is 3. The Morgan fingerprint density at radius 2 is 0.391 bits per heavy atom. The van der Waals surface area contributed by atoms with Crippen LogP contribution in [0.4, 0.5) is 0 Å². The largest absolute Gasteiger partial charge is 4.00 e. The van der Waals surface area contributed by atoms with Crippen LogP contribution in [0, 0.1) is 61.3 Å². The molecule has 0 atom stereocenters. The fourth-order valence-electron chi connectivity index (χ4n) is 0. The van der Waals surface area contributed by atoms with Crippen LogP contribution in [0.5, 0.6) is 0 Å². The maximum absolute atomic E-state index is 8.25. The number of hydrogen-bond acceptors (Lipinski definition) is 15. The van der Waals surface area contributed by atoms with Crippen LogP contribution in [-0.4, -0.2) is 40.7 Å². The van der Waals surface area contributed by atoms with Gasteiger partial charge in [-0.25, -0.2) is 0 Å². The van der Waals surface area contributed by atoms with E-state index in [1.54, 1.807) is 0 Å². The number of carbonyl (C=O) groups is 3. The van der Waals surface area contributed by atoms with Crippen LogP contribution in [0.2, 0.25) is 0 Å². The van der Waals surface area contributed by atoms with Gasteiger partial charge >= 0.3 is 19.5 Å². The molecule has 0 fully saturated rings. The van der Waals surface area contributed by atoms with Gasteiger partial charge in [-0.3, -0.25) is 0 Å². The van der Waals surface area contributed by atoms with Crippen LogP contribution >= 0.6 is 0 Å². The second-order valence-corrected chi connectivity index (χ2v) is 0.894. The van der Waals surface area contributed by atoms with Gasteiger partial charge in [-0.1, -0.05) is 0 Å². The molecule has 0 radical (unpaired) electrons. The minimum Gasteiger partial charge on any atom is -0.356 e. The first-order chi connectivity index (χ1) is 9.93. The van der Waals surface area contributed by atoms with E-state index in [1.807, 2.05) is 20.4 Å². The van der Waals surface area contributed by atoms with Crippen molar-refractivity contribution in [3.8, 4) is 0 Å². The van der Waals surface area contributed by atoms with Crippen molar-refractivity contribution in [3.63, 3.8) is 0 Å². The van der Waals surface area contributed by atoms with Crippen molar-refractivity contribution < 1.29 is 54.2 Å². The number of rotatable bonds is 0. The Morgan fingerprint density at radius 3 is 0.391 bits per heavy atom. The summed E-state index contributed by atoms with van der Waals surface area (Å²) in [5.41, 5.74) is 0. The van der Waals surface area contributed by atoms with Gasteiger partial charge in [0.2, 0.25) is 0 Å². The summed E-state index contributed by atoms with van der Waals surface area (Å²) in [6.45, 7) is 6.00. The minimum absolute atomic E-state index is 0. The van der Waals surface area contributed by atoms with Crippen molar-refractivity contribution in [1.82, 2.24) is 0 Å². The molecular formula is C3H6N4O15Ru. The first-order valence-corrected chi connectivity index (χ1v) is 3.06. The fourth-order valence-corrected chi connectivity index (χ4v) is 0. The van der Waals surface area contributed by atoms with E-state index in [4.69, 9.17) is 75.7 Å². The van der Waals surface area contributed by atoms with E-state index in [9.17, 15) is 0 Å². The molecule has 0 unspecified atom stereocenters. The van der Waals surface area contributed by atoms with Crippen LogP contribution < -0.4 is 0 Å². The van der Waals surface area contributed by atoms with Gasteiger partial charge in [0.1, 0.15) is 20.4 Å². The van der Waals surface area contributed by atoms with Gasteiger partial charge < -0.3 is 75.7 Å². The van der Waals surface area contributed by atoms with E-state index in [2.05, 4.69) is 0 Å². The topological polar surface area (TPSA) is 316 Å². The average Bonchev–Trinajstić information content (AvgIpc) is 2.33. The Hall–Kier alpha value is -3.57. The molecule has 19 nitrogen and oxygen atoms in total. The normalized spacial score (nSPS) is 4.70. The van der Waals surface area contributed by atoms with Crippen molar-refractivity contribution >= 4 is 20.4 Å². The van der Waals surface area contributed by atoms with Crippen molar-refractivity contribution in [2.45, 2.75) is 0 Å². The Bertz CT molecular complexity index is 205. The maximum Gasteiger partial charge on any atom is 4.00 e. The van der Waals surface area contributed by atoms with Crippen molar-refractivity contribution in [1.29, 1.82) is 0 Å². The number of hydrogen-bond donors (Lipinski definition) is 0. The Labute approximate surface area is 136 Å². The zero-order valence-corrected chi connectivity index (χ0v) is 12.1. The predicted octanol–water partition coefficient (Wildman–Crippen LogP) is -1.51. The molecule has 0 aliphatic rings. The molecule has 0 rings (SSSR count). The van der Waals surface area contributed by atoms with Crippen LogP contribution in [0.25, 0.3) is 0 Å². The molecule has 0 aromatic carbocycles. The second kappa shape index (κ2) is 78.8. The molecule has 0 heterocycles. The maximum atomic E-state index is 8.25. The van der Waals surface area contributed by atoms with Crippen LogP contribution in [-0.2, 0) is 33.9 Å². The molecule has 136 valence electrons. The summed E-state index contributed by atoms with van der Waals surface area (Å²) in [5.74, 6) is 0. The van der Waals surface area contributed by atoms with Crippen LogP contribution in [0.3, 0.4) is 0 Å². The monoisotopic (exact) mass is 440 g/mol. The third-order valence-corrected chi connectivity index (χ3v) is 0. The van der Waals surface area contributed by atoms with Gasteiger partial charge in [-0.15, -0.1) is 0 Å². The molecule has 0 bridgehead atoms. The molecule has 0 aromatic rings. The van der Waals surface area contributed by atoms with E-state index in [-0.39, 0.29) is 19.5 Å². The van der Waals surface area contributed by atoms with Gasteiger partial charge in [-0.2, -0.15) is 0 Å². The summed E-state index contributed by atoms with van der Waals surface area (Å²) in [6.07, 6.45) is 0. The summed E-state index contributed by atoms with van der Waals surface area (Å²) in [7, 11) is 0. The Morgan fingerprint density at radius 1 is 0.391 bits per heavy atom. The van der Waals surface area contributed by atoms with Gasteiger partial charge in [0.15, 0.2) is 0 Å². The van der Waals surface area contributed by atoms with Crippen LogP contribution in [0.1, 0.15) is 0 Å². The van der Waals surface area contributed by atoms with E-state index in [1.165, 1.54) is 0 Å². The van der Waals surface area contributed by atoms with Gasteiger partial charge in [0.25, 0.3) is 0 Å². The SMILES string of the molecule is C=O.C=O.C=O.O=[N+]([O-])[O-].O=[N+]([O-])[O-].O=[N+]([O-])[O-].O=[N+]([O-])[O-].[Ru+4]. The number of nitrogens with zero attached hydrogens (tertiary/aromatic N) is 4. The van der Waals surface area contributed by atoms with Crippen molar-refractivity contribution in [2.75, 3.05) is 0 Å². The van der Waals surface area contributed by atoms with Crippen molar-refractivity contribution in [2.24, 2.45) is 0 Å². The Kier molecular flexibility index (Phi) is 173. The minimum atomic E-state index is -1.75. The van der Waals surface area contributed by atoms with Gasteiger partial charge in [0, 0.05) is 0 Å². The molecule has 0 saturated heterocycles. The van der Waals surface area contributed by atoms with E-state index >= 15 is 0 Å². The van der Waals surface area contributed by atoms with E-state index in [0.717, 1.165) is 0 Å². The first-order valence-electron chi connectivity index (χ1n) is 3.06. The van der Waals surface area contributed by atoms with Crippen molar-refractivity contribution in [3.05, 3.63) is 61.3 Å². The first kappa shape index (κ1) is 50.5. The molecule has 0 aliphatic carbocycles. The third-order valence-electron chi connectivity index (χ3n) is 0. The van der Waals surface area contributed by atoms with E-state index in [0.29, 0.717) is 0 Å². The molecule has 20 heteroatoms. The summed E-state index contributed by atoms with van der Waals surface area (Å²) in [4.78, 5) is 57.0. The molecule has 23 heavy (non-hydrogen) atoms. The standard InChI is InChI=1S/3CH2O.4NO3.Ru/c3*1-2;4*2-1(3)4;/h3*1H2;;;;;/q;;;4*-1;+4. The quantitative estimate of drug-likeness (QED) is 0.235. The third kappa shape index (κ3) is 391. The molecule has 0 aliphatic heterocycles. The summed E-state index contributed by atoms with van der Waals surface area (Å²) < 4.78 is 0. The summed E-state index contributed by atoms with van der Waals surface area (Å²) in [6, 6.07) is 0. The summed E-state index contributed by atoms with van der Waals surface area (Å²) >= 11 is 0. The van der Waals surface area contributed by atoms with E-state index < -0.39 is 20.3 Å². The van der Waals surface area contributed by atoms with Crippen LogP contribution in [0.15, 0.2) is 0 Å². The molecule has 0 saturated carbocycles. The Balaban J connectivity index is -0.0000000194. The zero-order chi connectivity index (χ0) is 20.3. The smallest absolute Gasteiger partial charge is 0.356 e. The summed E-state index contributed by atoms with van der Waals surface area (Å²) in [5, 5.41) is 59.0. The van der Waals surface area contributed by atoms with Gasteiger partial charge in [0.05, 0.1) is 20.3 Å². The molecular weight excluding hydrogens is 433 g/mol. The zero-order valence-electron chi connectivity index (χ0n) is 10.4. The molecule has 0 aromatic heterocycles.